The van der Waals surface area contributed by atoms with Gasteiger partial charge in [-0.1, -0.05) is 30.3 Å². The predicted octanol–water partition coefficient (Wildman–Crippen LogP) is 3.67. The molecule has 3 rings (SSSR count). The van der Waals surface area contributed by atoms with Crippen molar-refractivity contribution in [2.45, 2.75) is 13.0 Å². The Balaban J connectivity index is 1.42. The van der Waals surface area contributed by atoms with Gasteiger partial charge in [-0.05, 0) is 17.7 Å². The molecule has 2 heterocycles. The maximum Gasteiger partial charge on any atom is 0.407 e. The molecular weight excluding hydrogens is 322 g/mol. The maximum absolute atomic E-state index is 11.7. The summed E-state index contributed by atoms with van der Waals surface area (Å²) < 4.78 is 5.16. The molecule has 5 nitrogen and oxygen atoms in total. The minimum atomic E-state index is -0.415. The van der Waals surface area contributed by atoms with Gasteiger partial charge in [0.25, 0.3) is 0 Å². The summed E-state index contributed by atoms with van der Waals surface area (Å²) in [5, 5.41) is 5.68. The Kier molecular flexibility index (Phi) is 5.52. The van der Waals surface area contributed by atoms with Crippen LogP contribution in [0.1, 0.15) is 11.3 Å². The Bertz CT molecular complexity index is 775. The molecule has 1 amide bonds. The van der Waals surface area contributed by atoms with Crippen LogP contribution in [0.3, 0.4) is 0 Å². The lowest BCUT2D eigenvalue weighted by molar-refractivity contribution is 0.140. The fraction of sp³-hybridized carbons (Fsp3) is 0.167. The first-order valence-electron chi connectivity index (χ1n) is 7.60. The molecule has 6 heteroatoms. The number of aromatic nitrogens is 2. The summed E-state index contributed by atoms with van der Waals surface area (Å²) in [5.74, 6) is 0. The zero-order valence-electron chi connectivity index (χ0n) is 13.0. The van der Waals surface area contributed by atoms with Crippen LogP contribution in [0.4, 0.5) is 4.79 Å². The summed E-state index contributed by atoms with van der Waals surface area (Å²) in [6, 6.07) is 13.5. The van der Waals surface area contributed by atoms with Crippen LogP contribution < -0.4 is 5.32 Å². The van der Waals surface area contributed by atoms with E-state index in [9.17, 15) is 4.79 Å². The lowest BCUT2D eigenvalue weighted by atomic mass is 10.2. The van der Waals surface area contributed by atoms with Crippen LogP contribution in [0, 0.1) is 0 Å². The van der Waals surface area contributed by atoms with Gasteiger partial charge >= 0.3 is 6.09 Å². The second kappa shape index (κ2) is 8.21. The first kappa shape index (κ1) is 16.1. The Morgan fingerprint density at radius 1 is 1.17 bits per heavy atom. The highest BCUT2D eigenvalue weighted by atomic mass is 32.1. The first-order chi connectivity index (χ1) is 11.8. The Morgan fingerprint density at radius 2 is 2.04 bits per heavy atom. The summed E-state index contributed by atoms with van der Waals surface area (Å²) in [4.78, 5) is 20.3. The van der Waals surface area contributed by atoms with Crippen LogP contribution in [-0.2, 0) is 17.8 Å². The third-order valence-corrected chi connectivity index (χ3v) is 4.26. The summed E-state index contributed by atoms with van der Waals surface area (Å²) in [5.41, 5.74) is 2.92. The number of hydrogen-bond acceptors (Lipinski definition) is 5. The number of carbonyl (C=O) groups excluding carboxylic acids is 1. The van der Waals surface area contributed by atoms with Gasteiger partial charge in [0.05, 0.1) is 5.69 Å². The molecule has 0 radical (unpaired) electrons. The zero-order valence-corrected chi connectivity index (χ0v) is 13.8. The van der Waals surface area contributed by atoms with E-state index in [1.165, 1.54) is 0 Å². The van der Waals surface area contributed by atoms with Crippen molar-refractivity contribution in [1.82, 2.24) is 15.3 Å². The van der Waals surface area contributed by atoms with Gasteiger partial charge < -0.3 is 10.1 Å². The van der Waals surface area contributed by atoms with Crippen molar-refractivity contribution in [3.63, 3.8) is 0 Å². The quantitative estimate of drug-likeness (QED) is 0.744. The number of carbonyl (C=O) groups is 1. The third-order valence-electron chi connectivity index (χ3n) is 3.32. The average Bonchev–Trinajstić information content (AvgIpc) is 3.11. The Hall–Kier alpha value is -2.73. The third kappa shape index (κ3) is 4.63. The van der Waals surface area contributed by atoms with Crippen molar-refractivity contribution in [1.29, 1.82) is 0 Å². The molecule has 0 saturated carbocycles. The van der Waals surface area contributed by atoms with Gasteiger partial charge in [-0.25, -0.2) is 9.78 Å². The summed E-state index contributed by atoms with van der Waals surface area (Å²) in [7, 11) is 0. The highest BCUT2D eigenvalue weighted by molar-refractivity contribution is 7.13. The van der Waals surface area contributed by atoms with Crippen molar-refractivity contribution < 1.29 is 9.53 Å². The second-order valence-corrected chi connectivity index (χ2v) is 5.98. The van der Waals surface area contributed by atoms with E-state index in [1.54, 1.807) is 23.7 Å². The molecule has 0 fully saturated rings. The Morgan fingerprint density at radius 3 is 2.83 bits per heavy atom. The van der Waals surface area contributed by atoms with Crippen LogP contribution in [0.25, 0.3) is 10.6 Å². The van der Waals surface area contributed by atoms with Crippen molar-refractivity contribution in [2.24, 2.45) is 0 Å². The molecule has 2 aromatic heterocycles. The second-order valence-electron chi connectivity index (χ2n) is 5.12. The minimum absolute atomic E-state index is 0.272. The zero-order chi connectivity index (χ0) is 16.6. The predicted molar refractivity (Wildman–Crippen MR) is 93.7 cm³/mol. The monoisotopic (exact) mass is 339 g/mol. The van der Waals surface area contributed by atoms with E-state index in [2.05, 4.69) is 15.3 Å². The standard InChI is InChI=1S/C18H17N3O2S/c22-18(23-12-14-5-2-1-3-6-14)20-10-8-16-13-24-17(21-16)15-7-4-9-19-11-15/h1-7,9,11,13H,8,10,12H2,(H,20,22). The highest BCUT2D eigenvalue weighted by Gasteiger charge is 2.06. The molecule has 0 unspecified atom stereocenters. The molecule has 0 saturated heterocycles. The number of benzene rings is 1. The number of rotatable bonds is 6. The number of amides is 1. The van der Waals surface area contributed by atoms with Gasteiger partial charge in [-0.2, -0.15) is 0 Å². The molecule has 1 aromatic carbocycles. The number of pyridine rings is 1. The lowest BCUT2D eigenvalue weighted by Crippen LogP contribution is -2.26. The molecular formula is C18H17N3O2S. The van der Waals surface area contributed by atoms with Crippen LogP contribution in [0.2, 0.25) is 0 Å². The van der Waals surface area contributed by atoms with E-state index < -0.39 is 6.09 Å². The van der Waals surface area contributed by atoms with E-state index in [-0.39, 0.29) is 6.61 Å². The van der Waals surface area contributed by atoms with E-state index in [4.69, 9.17) is 4.74 Å². The topological polar surface area (TPSA) is 64.1 Å². The molecule has 1 N–H and O–H groups in total. The van der Waals surface area contributed by atoms with E-state index in [1.807, 2.05) is 47.8 Å². The number of thiazole rings is 1. The first-order valence-corrected chi connectivity index (χ1v) is 8.48. The van der Waals surface area contributed by atoms with Crippen molar-refractivity contribution in [2.75, 3.05) is 6.54 Å². The lowest BCUT2D eigenvalue weighted by Gasteiger charge is -2.06. The van der Waals surface area contributed by atoms with Gasteiger partial charge in [0, 0.05) is 36.3 Å². The van der Waals surface area contributed by atoms with Crippen LogP contribution in [-0.4, -0.2) is 22.6 Å². The largest absolute Gasteiger partial charge is 0.445 e. The molecule has 24 heavy (non-hydrogen) atoms. The van der Waals surface area contributed by atoms with Crippen molar-refractivity contribution in [3.8, 4) is 10.6 Å². The molecule has 0 spiro atoms. The summed E-state index contributed by atoms with van der Waals surface area (Å²) in [6.07, 6.45) is 3.78. The van der Waals surface area contributed by atoms with Crippen molar-refractivity contribution in [3.05, 3.63) is 71.5 Å². The SMILES string of the molecule is O=C(NCCc1csc(-c2cccnc2)n1)OCc1ccccc1. The number of alkyl carbamates (subject to hydrolysis) is 1. The fourth-order valence-electron chi connectivity index (χ4n) is 2.11. The van der Waals surface area contributed by atoms with E-state index >= 15 is 0 Å². The summed E-state index contributed by atoms with van der Waals surface area (Å²) >= 11 is 1.57. The van der Waals surface area contributed by atoms with Gasteiger partial charge in [0.1, 0.15) is 11.6 Å². The van der Waals surface area contributed by atoms with Crippen LogP contribution >= 0.6 is 11.3 Å². The number of ether oxygens (including phenoxy) is 1. The van der Waals surface area contributed by atoms with Gasteiger partial charge in [-0.3, -0.25) is 4.98 Å². The molecule has 0 aliphatic carbocycles. The number of hydrogen-bond donors (Lipinski definition) is 1. The van der Waals surface area contributed by atoms with E-state index in [0.29, 0.717) is 13.0 Å². The van der Waals surface area contributed by atoms with Crippen LogP contribution in [0.5, 0.6) is 0 Å². The molecule has 0 aliphatic rings. The number of nitrogens with one attached hydrogen (secondary N) is 1. The van der Waals surface area contributed by atoms with E-state index in [0.717, 1.165) is 21.8 Å². The minimum Gasteiger partial charge on any atom is -0.445 e. The maximum atomic E-state index is 11.7. The normalized spacial score (nSPS) is 10.3. The van der Waals surface area contributed by atoms with Crippen molar-refractivity contribution >= 4 is 17.4 Å². The molecule has 0 bridgehead atoms. The molecule has 122 valence electrons. The van der Waals surface area contributed by atoms with Gasteiger partial charge in [0.2, 0.25) is 0 Å². The molecule has 0 aliphatic heterocycles. The fourth-order valence-corrected chi connectivity index (χ4v) is 2.96. The molecule has 3 aromatic rings. The van der Waals surface area contributed by atoms with Crippen LogP contribution in [0.15, 0.2) is 60.2 Å². The average molecular weight is 339 g/mol. The van der Waals surface area contributed by atoms with Gasteiger partial charge in [-0.15, -0.1) is 11.3 Å². The summed E-state index contributed by atoms with van der Waals surface area (Å²) in [6.45, 7) is 0.762. The molecule has 0 atom stereocenters. The number of nitrogens with zero attached hydrogens (tertiary/aromatic N) is 2. The van der Waals surface area contributed by atoms with Gasteiger partial charge in [0.15, 0.2) is 0 Å². The smallest absolute Gasteiger partial charge is 0.407 e. The highest BCUT2D eigenvalue weighted by Crippen LogP contribution is 2.22. The Labute approximate surface area is 144 Å².